The van der Waals surface area contributed by atoms with Crippen molar-refractivity contribution < 1.29 is 31.5 Å². The number of amides is 1. The molecule has 0 fully saturated rings. The summed E-state index contributed by atoms with van der Waals surface area (Å²) in [6.07, 6.45) is -7.17. The summed E-state index contributed by atoms with van der Waals surface area (Å²) in [6, 6.07) is 4.91. The molecular weight excluding hydrogens is 479 g/mol. The number of carbonyl (C=O) groups excluding carboxylic acids is 1. The third-order valence-corrected chi connectivity index (χ3v) is 4.44. The molecule has 0 radical (unpaired) electrons. The molecule has 0 aliphatic rings. The van der Waals surface area contributed by atoms with Gasteiger partial charge in [-0.25, -0.2) is 9.37 Å². The number of alkyl halides is 4. The summed E-state index contributed by atoms with van der Waals surface area (Å²) >= 11 is 3.17. The summed E-state index contributed by atoms with van der Waals surface area (Å²) in [4.78, 5) is 16.1. The van der Waals surface area contributed by atoms with E-state index in [0.717, 1.165) is 12.1 Å². The van der Waals surface area contributed by atoms with Crippen LogP contribution < -0.4 is 11.1 Å². The van der Waals surface area contributed by atoms with Crippen LogP contribution in [0.1, 0.15) is 28.4 Å². The van der Waals surface area contributed by atoms with E-state index in [1.807, 2.05) is 0 Å². The highest BCUT2D eigenvalue weighted by Crippen LogP contribution is 2.34. The molecule has 2 aromatic rings. The Hall–Kier alpha value is -2.76. The number of nitrogens with one attached hydrogen (secondary N) is 2. The van der Waals surface area contributed by atoms with Crippen LogP contribution in [0.5, 0.6) is 0 Å². The molecule has 6 nitrogen and oxygen atoms in total. The van der Waals surface area contributed by atoms with Crippen LogP contribution >= 0.6 is 15.9 Å². The highest BCUT2D eigenvalue weighted by molar-refractivity contribution is 9.10. The predicted octanol–water partition coefficient (Wildman–Crippen LogP) is 4.52. The zero-order valence-corrected chi connectivity index (χ0v) is 16.7. The monoisotopic (exact) mass is 494 g/mol. The van der Waals surface area contributed by atoms with Crippen LogP contribution in [-0.4, -0.2) is 35.9 Å². The van der Waals surface area contributed by atoms with Crippen molar-refractivity contribution in [3.63, 3.8) is 0 Å². The zero-order chi connectivity index (χ0) is 22.5. The fourth-order valence-electron chi connectivity index (χ4n) is 2.57. The Kier molecular flexibility index (Phi) is 7.71. The largest absolute Gasteiger partial charge is 0.453 e. The van der Waals surface area contributed by atoms with Crippen LogP contribution in [0.3, 0.4) is 0 Å². The normalized spacial score (nSPS) is 13.4. The van der Waals surface area contributed by atoms with Crippen LogP contribution in [0.15, 0.2) is 41.0 Å². The van der Waals surface area contributed by atoms with Gasteiger partial charge in [0.05, 0.1) is 6.67 Å². The fraction of sp³-hybridized carbons (Fsp3) is 0.278. The maximum absolute atomic E-state index is 14.2. The molecule has 0 aliphatic heterocycles. The number of rotatable bonds is 7. The van der Waals surface area contributed by atoms with Crippen LogP contribution in [0.2, 0.25) is 0 Å². The number of carbonyl (C=O) groups is 1. The van der Waals surface area contributed by atoms with Gasteiger partial charge in [-0.15, -0.1) is 0 Å². The van der Waals surface area contributed by atoms with Gasteiger partial charge in [0.25, 0.3) is 11.9 Å². The molecule has 0 saturated heterocycles. The average Bonchev–Trinajstić information content (AvgIpc) is 2.66. The number of anilines is 1. The van der Waals surface area contributed by atoms with Crippen molar-refractivity contribution >= 4 is 33.5 Å². The Morgan fingerprint density at radius 3 is 2.53 bits per heavy atom. The van der Waals surface area contributed by atoms with Gasteiger partial charge in [0, 0.05) is 28.7 Å². The van der Waals surface area contributed by atoms with Crippen molar-refractivity contribution in [3.8, 4) is 0 Å². The number of benzene rings is 1. The van der Waals surface area contributed by atoms with Gasteiger partial charge in [-0.1, -0.05) is 0 Å². The first-order chi connectivity index (χ1) is 14.0. The maximum atomic E-state index is 14.2. The van der Waals surface area contributed by atoms with Crippen LogP contribution in [0.4, 0.5) is 27.6 Å². The summed E-state index contributed by atoms with van der Waals surface area (Å²) in [7, 11) is 0. The molecule has 2 rings (SSSR count). The molecule has 0 bridgehead atoms. The van der Waals surface area contributed by atoms with Gasteiger partial charge >= 0.3 is 6.18 Å². The van der Waals surface area contributed by atoms with Crippen molar-refractivity contribution in [1.29, 1.82) is 5.41 Å². The number of nitrogens with zero attached hydrogens (tertiary/aromatic N) is 1. The minimum atomic E-state index is -4.95. The van der Waals surface area contributed by atoms with E-state index in [-0.39, 0.29) is 16.9 Å². The summed E-state index contributed by atoms with van der Waals surface area (Å²) in [6.45, 7) is -1.34. The Labute approximate surface area is 176 Å². The van der Waals surface area contributed by atoms with Gasteiger partial charge in [0.15, 0.2) is 6.10 Å². The van der Waals surface area contributed by atoms with Crippen molar-refractivity contribution in [2.45, 2.75) is 24.6 Å². The molecule has 1 unspecified atom stereocenters. The highest BCUT2D eigenvalue weighted by atomic mass is 79.9. The number of amidine groups is 1. The number of ether oxygens (including phenoxy) is 1. The number of pyridine rings is 1. The van der Waals surface area contributed by atoms with E-state index in [2.05, 4.69) is 31.0 Å². The second-order valence-corrected chi connectivity index (χ2v) is 7.07. The zero-order valence-electron chi connectivity index (χ0n) is 15.1. The topological polar surface area (TPSA) is 101 Å². The second kappa shape index (κ2) is 9.83. The van der Waals surface area contributed by atoms with Crippen molar-refractivity contribution in [1.82, 2.24) is 4.98 Å². The molecule has 1 heterocycles. The Morgan fingerprint density at radius 2 is 2.00 bits per heavy atom. The predicted molar refractivity (Wildman–Crippen MR) is 102 cm³/mol. The van der Waals surface area contributed by atoms with Crippen molar-refractivity contribution in [2.75, 3.05) is 12.0 Å². The molecule has 4 N–H and O–H groups in total. The lowest BCUT2D eigenvalue weighted by atomic mass is 9.93. The third-order valence-electron chi connectivity index (χ3n) is 3.97. The Balaban J connectivity index is 2.25. The van der Waals surface area contributed by atoms with Crippen LogP contribution in [0.25, 0.3) is 0 Å². The van der Waals surface area contributed by atoms with Crippen LogP contribution in [-0.2, 0) is 4.74 Å². The standard InChI is InChI=1S/C18H16BrF5N4O2/c19-10-1-4-14(27-8-10)16(29)28-11-2-3-13(21)12(6-11)9(7-20)5-15(18(22,23)24)30-17(25)26/h1-4,6,8-9,15H,5,7H2,(H3,25,26)(H,28,29)/t9-,15?/m0/s1. The molecule has 0 spiro atoms. The number of halogens is 6. The van der Waals surface area contributed by atoms with Crippen molar-refractivity contribution in [2.24, 2.45) is 5.73 Å². The Bertz CT molecular complexity index is 908. The minimum Gasteiger partial charge on any atom is -0.453 e. The van der Waals surface area contributed by atoms with E-state index in [1.54, 1.807) is 6.07 Å². The smallest absolute Gasteiger partial charge is 0.425 e. The summed E-state index contributed by atoms with van der Waals surface area (Å²) in [5, 5.41) is 9.32. The minimum absolute atomic E-state index is 0.0376. The average molecular weight is 495 g/mol. The lowest BCUT2D eigenvalue weighted by Gasteiger charge is -2.25. The number of nitrogens with two attached hydrogens (primary N) is 1. The van der Waals surface area contributed by atoms with Gasteiger partial charge in [0.1, 0.15) is 11.5 Å². The lowest BCUT2D eigenvalue weighted by Crippen LogP contribution is -2.37. The third kappa shape index (κ3) is 6.37. The second-order valence-electron chi connectivity index (χ2n) is 6.15. The quantitative estimate of drug-likeness (QED) is 0.299. The summed E-state index contributed by atoms with van der Waals surface area (Å²) in [5.74, 6) is -3.16. The molecule has 162 valence electrons. The van der Waals surface area contributed by atoms with Crippen molar-refractivity contribution in [3.05, 3.63) is 58.1 Å². The first-order valence-electron chi connectivity index (χ1n) is 8.37. The first-order valence-corrected chi connectivity index (χ1v) is 9.16. The first kappa shape index (κ1) is 23.5. The summed E-state index contributed by atoms with van der Waals surface area (Å²) in [5.41, 5.74) is 4.55. The van der Waals surface area contributed by atoms with Gasteiger partial charge in [-0.3, -0.25) is 14.6 Å². The van der Waals surface area contributed by atoms with Gasteiger partial charge in [-0.2, -0.15) is 13.2 Å². The van der Waals surface area contributed by atoms with Gasteiger partial charge in [0.2, 0.25) is 0 Å². The molecule has 12 heteroatoms. The highest BCUT2D eigenvalue weighted by Gasteiger charge is 2.44. The molecular formula is C18H16BrF5N4O2. The van der Waals surface area contributed by atoms with E-state index in [0.29, 0.717) is 4.47 Å². The van der Waals surface area contributed by atoms with Gasteiger partial charge < -0.3 is 15.8 Å². The van der Waals surface area contributed by atoms with E-state index >= 15 is 0 Å². The molecule has 0 aliphatic carbocycles. The molecule has 1 aromatic carbocycles. The maximum Gasteiger partial charge on any atom is 0.425 e. The molecule has 30 heavy (non-hydrogen) atoms. The van der Waals surface area contributed by atoms with E-state index in [9.17, 15) is 26.7 Å². The molecule has 1 amide bonds. The summed E-state index contributed by atoms with van der Waals surface area (Å²) < 4.78 is 71.9. The van der Waals surface area contributed by atoms with Crippen LogP contribution in [0, 0.1) is 11.2 Å². The van der Waals surface area contributed by atoms with E-state index < -0.39 is 49.0 Å². The number of hydrogen-bond acceptors (Lipinski definition) is 4. The molecule has 2 atom stereocenters. The SMILES string of the molecule is N=C(N)OC(C[C@@H](CF)c1cc(NC(=O)c2ccc(Br)cn2)ccc1F)C(F)(F)F. The van der Waals surface area contributed by atoms with E-state index in [1.165, 1.54) is 18.3 Å². The number of hydrogen-bond donors (Lipinski definition) is 3. The fourth-order valence-corrected chi connectivity index (χ4v) is 2.81. The molecule has 1 aromatic heterocycles. The Morgan fingerprint density at radius 1 is 1.30 bits per heavy atom. The van der Waals surface area contributed by atoms with Gasteiger partial charge in [-0.05, 0) is 51.8 Å². The lowest BCUT2D eigenvalue weighted by molar-refractivity contribution is -0.202. The molecule has 0 saturated carbocycles. The number of aromatic nitrogens is 1. The van der Waals surface area contributed by atoms with E-state index in [4.69, 9.17) is 11.1 Å².